The van der Waals surface area contributed by atoms with Crippen molar-refractivity contribution in [1.29, 1.82) is 0 Å². The molecule has 0 saturated carbocycles. The molecule has 2 aromatic carbocycles. The summed E-state index contributed by atoms with van der Waals surface area (Å²) in [5.41, 5.74) is 3.55. The van der Waals surface area contributed by atoms with Crippen LogP contribution in [0.15, 0.2) is 59.0 Å². The molecule has 0 saturated heterocycles. The summed E-state index contributed by atoms with van der Waals surface area (Å²) in [5, 5.41) is 2.05. The maximum absolute atomic E-state index is 5.95. The molecule has 4 rings (SSSR count). The molecule has 0 spiro atoms. The lowest BCUT2D eigenvalue weighted by Gasteiger charge is -2.08. The van der Waals surface area contributed by atoms with Crippen molar-refractivity contribution in [3.8, 4) is 11.3 Å². The molecule has 3 nitrogen and oxygen atoms in total. The van der Waals surface area contributed by atoms with E-state index in [0.717, 1.165) is 33.4 Å². The quantitative estimate of drug-likeness (QED) is 0.511. The van der Waals surface area contributed by atoms with Crippen molar-refractivity contribution in [1.82, 2.24) is 9.97 Å². The lowest BCUT2D eigenvalue weighted by atomic mass is 10.1. The van der Waals surface area contributed by atoms with Crippen molar-refractivity contribution in [2.24, 2.45) is 0 Å². The topological polar surface area (TPSA) is 38.9 Å². The molecule has 108 valence electrons. The molecular formula is C19H16N2O. The van der Waals surface area contributed by atoms with E-state index in [9.17, 15) is 0 Å². The first-order valence-electron chi connectivity index (χ1n) is 7.48. The summed E-state index contributed by atoms with van der Waals surface area (Å²) in [5.74, 6) is 1.06. The van der Waals surface area contributed by atoms with Crippen LogP contribution < -0.4 is 0 Å². The Balaban J connectivity index is 2.15. The second kappa shape index (κ2) is 4.95. The van der Waals surface area contributed by atoms with Crippen LogP contribution in [0.25, 0.3) is 33.3 Å². The first kappa shape index (κ1) is 13.0. The molecule has 0 N–H and O–H groups in total. The van der Waals surface area contributed by atoms with Crippen molar-refractivity contribution in [3.63, 3.8) is 0 Å². The van der Waals surface area contributed by atoms with Gasteiger partial charge in [-0.25, -0.2) is 4.98 Å². The third-order valence-electron chi connectivity index (χ3n) is 3.82. The van der Waals surface area contributed by atoms with E-state index in [-0.39, 0.29) is 5.92 Å². The maximum atomic E-state index is 5.95. The lowest BCUT2D eigenvalue weighted by Crippen LogP contribution is -1.99. The van der Waals surface area contributed by atoms with E-state index < -0.39 is 0 Å². The highest BCUT2D eigenvalue weighted by Gasteiger charge is 2.17. The fraction of sp³-hybridized carbons (Fsp3) is 0.158. The van der Waals surface area contributed by atoms with Gasteiger partial charge in [0, 0.05) is 16.9 Å². The average Bonchev–Trinajstić information content (AvgIpc) is 2.93. The van der Waals surface area contributed by atoms with Gasteiger partial charge in [-0.05, 0) is 6.07 Å². The van der Waals surface area contributed by atoms with Gasteiger partial charge in [-0.3, -0.25) is 0 Å². The number of hydrogen-bond donors (Lipinski definition) is 0. The van der Waals surface area contributed by atoms with Gasteiger partial charge in [0.1, 0.15) is 11.4 Å². The molecule has 2 heterocycles. The van der Waals surface area contributed by atoms with E-state index in [0.29, 0.717) is 5.71 Å². The second-order valence-electron chi connectivity index (χ2n) is 5.73. The van der Waals surface area contributed by atoms with Crippen LogP contribution in [-0.4, -0.2) is 9.97 Å². The van der Waals surface area contributed by atoms with E-state index in [2.05, 4.69) is 37.0 Å². The fourth-order valence-corrected chi connectivity index (χ4v) is 2.70. The van der Waals surface area contributed by atoms with Crippen molar-refractivity contribution in [2.75, 3.05) is 0 Å². The van der Waals surface area contributed by atoms with Crippen molar-refractivity contribution in [3.05, 3.63) is 60.4 Å². The van der Waals surface area contributed by atoms with E-state index in [1.807, 2.05) is 36.4 Å². The number of rotatable bonds is 2. The Kier molecular flexibility index (Phi) is 2.93. The maximum Gasteiger partial charge on any atom is 0.231 e. The number of para-hydroxylation sites is 1. The molecule has 0 fully saturated rings. The van der Waals surface area contributed by atoms with Crippen LogP contribution in [0.1, 0.15) is 25.6 Å². The SMILES string of the molecule is CC(C)c1nc(-c2ccccc2)c2c(n1)oc1ccccc12. The number of benzene rings is 2. The summed E-state index contributed by atoms with van der Waals surface area (Å²) in [4.78, 5) is 9.44. The minimum absolute atomic E-state index is 0.250. The highest BCUT2D eigenvalue weighted by molar-refractivity contribution is 6.10. The van der Waals surface area contributed by atoms with Gasteiger partial charge in [0.15, 0.2) is 0 Å². The zero-order valence-electron chi connectivity index (χ0n) is 12.6. The molecular weight excluding hydrogens is 272 g/mol. The summed E-state index contributed by atoms with van der Waals surface area (Å²) in [6.07, 6.45) is 0. The first-order valence-corrected chi connectivity index (χ1v) is 7.48. The molecule has 0 radical (unpaired) electrons. The normalized spacial score (nSPS) is 11.6. The average molecular weight is 288 g/mol. The van der Waals surface area contributed by atoms with E-state index in [4.69, 9.17) is 9.40 Å². The Morgan fingerprint density at radius 2 is 1.59 bits per heavy atom. The van der Waals surface area contributed by atoms with Gasteiger partial charge in [0.2, 0.25) is 5.71 Å². The van der Waals surface area contributed by atoms with E-state index >= 15 is 0 Å². The van der Waals surface area contributed by atoms with Gasteiger partial charge >= 0.3 is 0 Å². The predicted octanol–water partition coefficient (Wildman–Crippen LogP) is 5.17. The first-order chi connectivity index (χ1) is 10.7. The number of fused-ring (bicyclic) bond motifs is 3. The number of aromatic nitrogens is 2. The van der Waals surface area contributed by atoms with Gasteiger partial charge in [0.25, 0.3) is 0 Å². The lowest BCUT2D eigenvalue weighted by molar-refractivity contribution is 0.643. The van der Waals surface area contributed by atoms with Crippen LogP contribution in [0.2, 0.25) is 0 Å². The van der Waals surface area contributed by atoms with Crippen molar-refractivity contribution in [2.45, 2.75) is 19.8 Å². The molecule has 0 aliphatic heterocycles. The zero-order chi connectivity index (χ0) is 15.1. The van der Waals surface area contributed by atoms with Gasteiger partial charge in [0.05, 0.1) is 11.1 Å². The molecule has 0 aliphatic carbocycles. The van der Waals surface area contributed by atoms with Crippen LogP contribution in [0.4, 0.5) is 0 Å². The van der Waals surface area contributed by atoms with E-state index in [1.54, 1.807) is 0 Å². The predicted molar refractivity (Wildman–Crippen MR) is 88.8 cm³/mol. The number of furan rings is 1. The standard InChI is InChI=1S/C19H16N2O/c1-12(2)18-20-17(13-8-4-3-5-9-13)16-14-10-6-7-11-15(14)22-19(16)21-18/h3-12H,1-2H3. The molecule has 0 bridgehead atoms. The molecule has 0 unspecified atom stereocenters. The smallest absolute Gasteiger partial charge is 0.231 e. The summed E-state index contributed by atoms with van der Waals surface area (Å²) in [7, 11) is 0. The number of nitrogens with zero attached hydrogens (tertiary/aromatic N) is 2. The van der Waals surface area contributed by atoms with Crippen molar-refractivity contribution >= 4 is 22.1 Å². The Hall–Kier alpha value is -2.68. The van der Waals surface area contributed by atoms with Crippen LogP contribution in [-0.2, 0) is 0 Å². The highest BCUT2D eigenvalue weighted by atomic mass is 16.3. The molecule has 4 aromatic rings. The van der Waals surface area contributed by atoms with Gasteiger partial charge in [-0.15, -0.1) is 0 Å². The number of hydrogen-bond acceptors (Lipinski definition) is 3. The Labute approximate surface area is 128 Å². The van der Waals surface area contributed by atoms with Crippen LogP contribution in [0.5, 0.6) is 0 Å². The largest absolute Gasteiger partial charge is 0.438 e. The summed E-state index contributed by atoms with van der Waals surface area (Å²) in [6.45, 7) is 4.19. The Morgan fingerprint density at radius 1 is 0.864 bits per heavy atom. The van der Waals surface area contributed by atoms with E-state index in [1.165, 1.54) is 0 Å². The Bertz CT molecular complexity index is 955. The molecule has 0 aliphatic rings. The van der Waals surface area contributed by atoms with Gasteiger partial charge in [-0.1, -0.05) is 62.4 Å². The molecule has 0 amide bonds. The minimum Gasteiger partial charge on any atom is -0.438 e. The monoisotopic (exact) mass is 288 g/mol. The van der Waals surface area contributed by atoms with Crippen molar-refractivity contribution < 1.29 is 4.42 Å². The molecule has 0 atom stereocenters. The third kappa shape index (κ3) is 1.98. The summed E-state index contributed by atoms with van der Waals surface area (Å²) >= 11 is 0. The third-order valence-corrected chi connectivity index (χ3v) is 3.82. The fourth-order valence-electron chi connectivity index (χ4n) is 2.70. The summed E-state index contributed by atoms with van der Waals surface area (Å²) < 4.78 is 5.95. The molecule has 3 heteroatoms. The Morgan fingerprint density at radius 3 is 2.36 bits per heavy atom. The highest BCUT2D eigenvalue weighted by Crippen LogP contribution is 2.35. The summed E-state index contributed by atoms with van der Waals surface area (Å²) in [6, 6.07) is 18.3. The second-order valence-corrected chi connectivity index (χ2v) is 5.73. The van der Waals surface area contributed by atoms with Crippen LogP contribution in [0.3, 0.4) is 0 Å². The van der Waals surface area contributed by atoms with Crippen LogP contribution in [0, 0.1) is 0 Å². The van der Waals surface area contributed by atoms with Crippen LogP contribution >= 0.6 is 0 Å². The molecule has 22 heavy (non-hydrogen) atoms. The van der Waals surface area contributed by atoms with Gasteiger partial charge in [-0.2, -0.15) is 4.98 Å². The zero-order valence-corrected chi connectivity index (χ0v) is 12.6. The molecule has 2 aromatic heterocycles. The van der Waals surface area contributed by atoms with Gasteiger partial charge < -0.3 is 4.42 Å². The minimum atomic E-state index is 0.250.